The summed E-state index contributed by atoms with van der Waals surface area (Å²) in [5.41, 5.74) is 2.35. The lowest BCUT2D eigenvalue weighted by molar-refractivity contribution is -0.113. The van der Waals surface area contributed by atoms with Gasteiger partial charge in [-0.05, 0) is 55.1 Å². The highest BCUT2D eigenvalue weighted by Gasteiger charge is 2.35. The predicted octanol–water partition coefficient (Wildman–Crippen LogP) is 5.22. The average molecular weight is 432 g/mol. The van der Waals surface area contributed by atoms with Gasteiger partial charge in [0.1, 0.15) is 0 Å². The quantitative estimate of drug-likeness (QED) is 0.519. The Bertz CT molecular complexity index is 1180. The van der Waals surface area contributed by atoms with E-state index >= 15 is 0 Å². The fourth-order valence-electron chi connectivity index (χ4n) is 3.21. The highest BCUT2D eigenvalue weighted by molar-refractivity contribution is 8.19. The number of methoxy groups -OCH3 is 2. The van der Waals surface area contributed by atoms with Gasteiger partial charge in [0.25, 0.3) is 5.91 Å². The molecule has 0 radical (unpaired) electrons. The third kappa shape index (κ3) is 4.32. The lowest BCUT2D eigenvalue weighted by atomic mass is 10.1. The lowest BCUT2D eigenvalue weighted by Crippen LogP contribution is -2.28. The molecule has 1 aromatic heterocycles. The number of benzene rings is 2. The van der Waals surface area contributed by atoms with Crippen molar-refractivity contribution in [2.45, 2.75) is 6.92 Å². The number of nitrogens with zero attached hydrogens (tertiary/aromatic N) is 3. The Morgan fingerprint density at radius 2 is 1.74 bits per heavy atom. The molecule has 0 atom stereocenters. The molecule has 0 N–H and O–H groups in total. The maximum Gasteiger partial charge on any atom is 0.271 e. The van der Waals surface area contributed by atoms with Gasteiger partial charge in [0.2, 0.25) is 0 Å². The molecule has 0 saturated carbocycles. The van der Waals surface area contributed by atoms with Crippen LogP contribution in [-0.2, 0) is 4.79 Å². The largest absolute Gasteiger partial charge is 0.493 e. The van der Waals surface area contributed by atoms with Gasteiger partial charge in [-0.15, -0.1) is 0 Å². The molecule has 0 aliphatic carbocycles. The first-order valence-electron chi connectivity index (χ1n) is 9.63. The van der Waals surface area contributed by atoms with Gasteiger partial charge < -0.3 is 9.47 Å². The number of rotatable bonds is 5. The third-order valence-corrected chi connectivity index (χ3v) is 5.59. The monoisotopic (exact) mass is 431 g/mol. The first-order valence-corrected chi connectivity index (χ1v) is 10.4. The molecule has 1 amide bonds. The molecule has 7 heteroatoms. The maximum absolute atomic E-state index is 13.4. The summed E-state index contributed by atoms with van der Waals surface area (Å²) in [6.07, 6.45) is 1.80. The Hall–Kier alpha value is -3.58. The minimum Gasteiger partial charge on any atom is -0.493 e. The van der Waals surface area contributed by atoms with Crippen molar-refractivity contribution in [3.05, 3.63) is 82.9 Å². The van der Waals surface area contributed by atoms with Crippen molar-refractivity contribution >= 4 is 40.4 Å². The number of thioether (sulfide) groups is 1. The standard InChI is InChI=1S/C24H21N3O3S/c1-16-9-7-14-21(25-16)26-24-27(18-11-5-4-6-12-18)23(28)20(31-24)15-17-10-8-13-19(29-2)22(17)30-3/h4-15H,1-3H3/b20-15-,26-24+. The molecule has 1 fully saturated rings. The fraction of sp³-hybridized carbons (Fsp3) is 0.125. The van der Waals surface area contributed by atoms with E-state index in [-0.39, 0.29) is 5.91 Å². The Morgan fingerprint density at radius 3 is 2.45 bits per heavy atom. The number of amides is 1. The van der Waals surface area contributed by atoms with Crippen LogP contribution in [0.15, 0.2) is 76.6 Å². The lowest BCUT2D eigenvalue weighted by Gasteiger charge is -2.15. The normalized spacial score (nSPS) is 16.2. The number of hydrogen-bond donors (Lipinski definition) is 0. The summed E-state index contributed by atoms with van der Waals surface area (Å²) < 4.78 is 10.9. The van der Waals surface area contributed by atoms with E-state index in [1.54, 1.807) is 25.2 Å². The van der Waals surface area contributed by atoms with Crippen LogP contribution in [0.3, 0.4) is 0 Å². The zero-order chi connectivity index (χ0) is 21.8. The number of hydrogen-bond acceptors (Lipinski definition) is 6. The molecule has 2 heterocycles. The van der Waals surface area contributed by atoms with E-state index in [1.165, 1.54) is 11.8 Å². The molecule has 0 bridgehead atoms. The average Bonchev–Trinajstić information content (AvgIpc) is 3.08. The van der Waals surface area contributed by atoms with Crippen LogP contribution in [0.5, 0.6) is 11.5 Å². The zero-order valence-corrected chi connectivity index (χ0v) is 18.2. The van der Waals surface area contributed by atoms with Crippen molar-refractivity contribution in [1.82, 2.24) is 4.98 Å². The molecule has 31 heavy (non-hydrogen) atoms. The summed E-state index contributed by atoms with van der Waals surface area (Å²) >= 11 is 1.30. The van der Waals surface area contributed by atoms with E-state index < -0.39 is 0 Å². The number of para-hydroxylation sites is 2. The molecule has 0 unspecified atom stereocenters. The topological polar surface area (TPSA) is 64.0 Å². The van der Waals surface area contributed by atoms with E-state index in [2.05, 4.69) is 9.98 Å². The second-order valence-corrected chi connectivity index (χ2v) is 7.71. The van der Waals surface area contributed by atoms with Gasteiger partial charge in [-0.25, -0.2) is 9.98 Å². The van der Waals surface area contributed by atoms with Crippen LogP contribution < -0.4 is 14.4 Å². The van der Waals surface area contributed by atoms with Gasteiger partial charge in [-0.1, -0.05) is 36.4 Å². The molecule has 2 aromatic carbocycles. The first kappa shape index (κ1) is 20.7. The predicted molar refractivity (Wildman–Crippen MR) is 125 cm³/mol. The molecular formula is C24H21N3O3S. The van der Waals surface area contributed by atoms with Crippen LogP contribution in [0.4, 0.5) is 11.5 Å². The summed E-state index contributed by atoms with van der Waals surface area (Å²) in [6.45, 7) is 1.91. The van der Waals surface area contributed by atoms with E-state index in [0.717, 1.165) is 16.9 Å². The van der Waals surface area contributed by atoms with Gasteiger partial charge in [-0.3, -0.25) is 9.69 Å². The molecule has 3 aromatic rings. The SMILES string of the molecule is COc1cccc(/C=C2\S/C(=N/c3cccc(C)n3)N(c3ccccc3)C2=O)c1OC. The van der Waals surface area contributed by atoms with Crippen molar-refractivity contribution in [3.8, 4) is 11.5 Å². The van der Waals surface area contributed by atoms with Crippen LogP contribution >= 0.6 is 11.8 Å². The highest BCUT2D eigenvalue weighted by atomic mass is 32.2. The molecule has 0 spiro atoms. The minimum absolute atomic E-state index is 0.160. The number of aryl methyl sites for hydroxylation is 1. The van der Waals surface area contributed by atoms with Gasteiger partial charge >= 0.3 is 0 Å². The van der Waals surface area contributed by atoms with Crippen LogP contribution in [-0.4, -0.2) is 30.3 Å². The number of carbonyl (C=O) groups is 1. The molecular weight excluding hydrogens is 410 g/mol. The van der Waals surface area contributed by atoms with E-state index in [4.69, 9.17) is 9.47 Å². The number of aliphatic imine (C=N–C) groups is 1. The molecule has 1 aliphatic rings. The van der Waals surface area contributed by atoms with Gasteiger partial charge in [0, 0.05) is 11.3 Å². The highest BCUT2D eigenvalue weighted by Crippen LogP contribution is 2.39. The van der Waals surface area contributed by atoms with Crippen molar-refractivity contribution in [3.63, 3.8) is 0 Å². The third-order valence-electron chi connectivity index (χ3n) is 4.62. The minimum atomic E-state index is -0.160. The second kappa shape index (κ2) is 9.06. The number of anilines is 1. The van der Waals surface area contributed by atoms with Crippen LogP contribution in [0.25, 0.3) is 6.08 Å². The van der Waals surface area contributed by atoms with Crippen molar-refractivity contribution < 1.29 is 14.3 Å². The summed E-state index contributed by atoms with van der Waals surface area (Å²) in [6, 6.07) is 20.6. The molecule has 6 nitrogen and oxygen atoms in total. The number of amidine groups is 1. The summed E-state index contributed by atoms with van der Waals surface area (Å²) in [5.74, 6) is 1.57. The molecule has 4 rings (SSSR count). The van der Waals surface area contributed by atoms with Gasteiger partial charge in [0.15, 0.2) is 22.5 Å². The number of aromatic nitrogens is 1. The van der Waals surface area contributed by atoms with Crippen LogP contribution in [0.1, 0.15) is 11.3 Å². The van der Waals surface area contributed by atoms with Crippen molar-refractivity contribution in [1.29, 1.82) is 0 Å². The Morgan fingerprint density at radius 1 is 0.968 bits per heavy atom. The molecule has 156 valence electrons. The van der Waals surface area contributed by atoms with Gasteiger partial charge in [0.05, 0.1) is 24.8 Å². The van der Waals surface area contributed by atoms with E-state index in [1.807, 2.05) is 73.7 Å². The van der Waals surface area contributed by atoms with Crippen LogP contribution in [0, 0.1) is 6.92 Å². The maximum atomic E-state index is 13.4. The first-order chi connectivity index (χ1) is 15.1. The molecule has 1 aliphatic heterocycles. The van der Waals surface area contributed by atoms with Crippen molar-refractivity contribution in [2.75, 3.05) is 19.1 Å². The summed E-state index contributed by atoms with van der Waals surface area (Å²) in [4.78, 5) is 24.7. The smallest absolute Gasteiger partial charge is 0.271 e. The Kier molecular flexibility index (Phi) is 6.04. The number of carbonyl (C=O) groups excluding carboxylic acids is 1. The van der Waals surface area contributed by atoms with Crippen LogP contribution in [0.2, 0.25) is 0 Å². The van der Waals surface area contributed by atoms with E-state index in [0.29, 0.717) is 27.4 Å². The Labute approximate surface area is 185 Å². The summed E-state index contributed by atoms with van der Waals surface area (Å²) in [5, 5.41) is 0.544. The second-order valence-electron chi connectivity index (χ2n) is 6.70. The number of ether oxygens (including phenoxy) is 2. The molecule has 1 saturated heterocycles. The number of pyridine rings is 1. The zero-order valence-electron chi connectivity index (χ0n) is 17.4. The fourth-order valence-corrected chi connectivity index (χ4v) is 4.19. The van der Waals surface area contributed by atoms with E-state index in [9.17, 15) is 4.79 Å². The summed E-state index contributed by atoms with van der Waals surface area (Å²) in [7, 11) is 3.16. The Balaban J connectivity index is 1.80. The van der Waals surface area contributed by atoms with Crippen molar-refractivity contribution in [2.24, 2.45) is 4.99 Å². The van der Waals surface area contributed by atoms with Gasteiger partial charge in [-0.2, -0.15) is 0 Å².